The molecule has 7 heteroatoms. The number of aromatic carboxylic acids is 1. The SMILES string of the molecule is C[C@@H]1CN(C(=O)OC(C)(C)C)CC[C@H]1c1nocc1C(=O)O. The van der Waals surface area contributed by atoms with Gasteiger partial charge >= 0.3 is 12.1 Å². The van der Waals surface area contributed by atoms with E-state index in [0.717, 1.165) is 6.26 Å². The van der Waals surface area contributed by atoms with Crippen molar-refractivity contribution in [3.8, 4) is 0 Å². The van der Waals surface area contributed by atoms with Crippen molar-refractivity contribution in [1.82, 2.24) is 10.1 Å². The van der Waals surface area contributed by atoms with E-state index in [1.165, 1.54) is 0 Å². The standard InChI is InChI=1S/C15H22N2O5/c1-9-7-17(14(20)22-15(2,3)4)6-5-10(9)12-11(13(18)19)8-21-16-12/h8-10H,5-7H2,1-4H3,(H,18,19)/t9-,10-/m1/s1. The zero-order valence-electron chi connectivity index (χ0n) is 13.3. The third-order valence-corrected chi connectivity index (χ3v) is 3.74. The van der Waals surface area contributed by atoms with E-state index in [9.17, 15) is 9.59 Å². The van der Waals surface area contributed by atoms with Crippen molar-refractivity contribution in [3.05, 3.63) is 17.5 Å². The first-order chi connectivity index (χ1) is 10.2. The van der Waals surface area contributed by atoms with Crippen molar-refractivity contribution in [2.24, 2.45) is 5.92 Å². The van der Waals surface area contributed by atoms with E-state index >= 15 is 0 Å². The van der Waals surface area contributed by atoms with Crippen LogP contribution in [0.1, 0.15) is 56.1 Å². The van der Waals surface area contributed by atoms with E-state index in [-0.39, 0.29) is 23.5 Å². The van der Waals surface area contributed by atoms with Gasteiger partial charge in [0, 0.05) is 19.0 Å². The first-order valence-electron chi connectivity index (χ1n) is 7.34. The number of hydrogen-bond donors (Lipinski definition) is 1. The molecule has 0 spiro atoms. The number of ether oxygens (including phenoxy) is 1. The summed E-state index contributed by atoms with van der Waals surface area (Å²) in [5.74, 6) is -1.01. The van der Waals surface area contributed by atoms with Gasteiger partial charge in [-0.2, -0.15) is 0 Å². The van der Waals surface area contributed by atoms with E-state index in [4.69, 9.17) is 14.4 Å². The monoisotopic (exact) mass is 310 g/mol. The van der Waals surface area contributed by atoms with Crippen LogP contribution >= 0.6 is 0 Å². The predicted octanol–water partition coefficient (Wildman–Crippen LogP) is 2.73. The van der Waals surface area contributed by atoms with Gasteiger partial charge in [0.25, 0.3) is 0 Å². The second kappa shape index (κ2) is 5.98. The highest BCUT2D eigenvalue weighted by atomic mass is 16.6. The van der Waals surface area contributed by atoms with Crippen LogP contribution in [-0.4, -0.2) is 45.9 Å². The van der Waals surface area contributed by atoms with Gasteiger partial charge in [0.15, 0.2) is 0 Å². The number of piperidine rings is 1. The molecule has 1 aliphatic heterocycles. The molecule has 0 saturated carbocycles. The number of carbonyl (C=O) groups is 2. The normalized spacial score (nSPS) is 22.5. The van der Waals surface area contributed by atoms with E-state index in [2.05, 4.69) is 5.16 Å². The average Bonchev–Trinajstić information content (AvgIpc) is 2.85. The third kappa shape index (κ3) is 3.58. The fourth-order valence-corrected chi connectivity index (χ4v) is 2.72. The molecule has 22 heavy (non-hydrogen) atoms. The molecule has 1 saturated heterocycles. The number of aromatic nitrogens is 1. The summed E-state index contributed by atoms with van der Waals surface area (Å²) in [4.78, 5) is 24.9. The largest absolute Gasteiger partial charge is 0.478 e. The maximum Gasteiger partial charge on any atom is 0.410 e. The quantitative estimate of drug-likeness (QED) is 0.902. The molecule has 122 valence electrons. The van der Waals surface area contributed by atoms with Crippen LogP contribution in [-0.2, 0) is 4.74 Å². The summed E-state index contributed by atoms with van der Waals surface area (Å²) < 4.78 is 10.2. The zero-order chi connectivity index (χ0) is 16.5. The molecule has 0 radical (unpaired) electrons. The number of amides is 1. The van der Waals surface area contributed by atoms with Gasteiger partial charge in [-0.15, -0.1) is 0 Å². The number of carbonyl (C=O) groups excluding carboxylic acids is 1. The van der Waals surface area contributed by atoms with Crippen LogP contribution < -0.4 is 0 Å². The minimum atomic E-state index is -1.04. The first-order valence-corrected chi connectivity index (χ1v) is 7.34. The van der Waals surface area contributed by atoms with Crippen molar-refractivity contribution in [3.63, 3.8) is 0 Å². The highest BCUT2D eigenvalue weighted by Gasteiger charge is 2.35. The van der Waals surface area contributed by atoms with Crippen LogP contribution in [0.3, 0.4) is 0 Å². The molecule has 2 rings (SSSR count). The summed E-state index contributed by atoms with van der Waals surface area (Å²) >= 11 is 0. The Morgan fingerprint density at radius 3 is 2.68 bits per heavy atom. The Bertz CT molecular complexity index is 561. The summed E-state index contributed by atoms with van der Waals surface area (Å²) in [6, 6.07) is 0. The lowest BCUT2D eigenvalue weighted by Gasteiger charge is -2.36. The zero-order valence-corrected chi connectivity index (χ0v) is 13.3. The van der Waals surface area contributed by atoms with Crippen molar-refractivity contribution in [1.29, 1.82) is 0 Å². The maximum atomic E-state index is 12.1. The average molecular weight is 310 g/mol. The Labute approximate surface area is 129 Å². The van der Waals surface area contributed by atoms with Gasteiger partial charge in [-0.05, 0) is 33.1 Å². The summed E-state index contributed by atoms with van der Waals surface area (Å²) in [6.07, 6.45) is 1.45. The second-order valence-corrected chi connectivity index (χ2v) is 6.72. The molecule has 1 amide bonds. The Morgan fingerprint density at radius 2 is 2.14 bits per heavy atom. The van der Waals surface area contributed by atoms with E-state index in [1.807, 2.05) is 27.7 Å². The molecular formula is C15H22N2O5. The van der Waals surface area contributed by atoms with Crippen LogP contribution in [0.4, 0.5) is 4.79 Å². The number of hydrogen-bond acceptors (Lipinski definition) is 5. The van der Waals surface area contributed by atoms with Gasteiger partial charge < -0.3 is 19.3 Å². The molecule has 1 aromatic rings. The molecule has 0 unspecified atom stereocenters. The fourth-order valence-electron chi connectivity index (χ4n) is 2.72. The smallest absolute Gasteiger partial charge is 0.410 e. The molecule has 1 fully saturated rings. The summed E-state index contributed by atoms with van der Waals surface area (Å²) in [5, 5.41) is 13.0. The van der Waals surface area contributed by atoms with Gasteiger partial charge in [0.1, 0.15) is 23.1 Å². The number of carboxylic acid groups (broad SMARTS) is 1. The van der Waals surface area contributed by atoms with E-state index < -0.39 is 11.6 Å². The minimum Gasteiger partial charge on any atom is -0.478 e. The number of carboxylic acids is 1. The fraction of sp³-hybridized carbons (Fsp3) is 0.667. The van der Waals surface area contributed by atoms with Gasteiger partial charge in [0.05, 0.1) is 0 Å². The molecule has 2 atom stereocenters. The predicted molar refractivity (Wildman–Crippen MR) is 77.8 cm³/mol. The molecule has 2 heterocycles. The Morgan fingerprint density at radius 1 is 1.45 bits per heavy atom. The topological polar surface area (TPSA) is 92.9 Å². The lowest BCUT2D eigenvalue weighted by molar-refractivity contribution is 0.0151. The van der Waals surface area contributed by atoms with Gasteiger partial charge in [0.2, 0.25) is 0 Å². The number of rotatable bonds is 2. The highest BCUT2D eigenvalue weighted by Crippen LogP contribution is 2.34. The van der Waals surface area contributed by atoms with Crippen molar-refractivity contribution >= 4 is 12.1 Å². The van der Waals surface area contributed by atoms with Gasteiger partial charge in [-0.25, -0.2) is 9.59 Å². The third-order valence-electron chi connectivity index (χ3n) is 3.74. The molecule has 0 aliphatic carbocycles. The summed E-state index contributed by atoms with van der Waals surface area (Å²) in [5.41, 5.74) is 0.0335. The molecule has 7 nitrogen and oxygen atoms in total. The van der Waals surface area contributed by atoms with Crippen LogP contribution in [0.15, 0.2) is 10.8 Å². The van der Waals surface area contributed by atoms with E-state index in [0.29, 0.717) is 25.2 Å². The van der Waals surface area contributed by atoms with Crippen molar-refractivity contribution in [2.45, 2.75) is 45.6 Å². The first kappa shape index (κ1) is 16.3. The number of likely N-dealkylation sites (tertiary alicyclic amines) is 1. The highest BCUT2D eigenvalue weighted by molar-refractivity contribution is 5.88. The summed E-state index contributed by atoms with van der Waals surface area (Å²) in [7, 11) is 0. The second-order valence-electron chi connectivity index (χ2n) is 6.72. The molecule has 1 aliphatic rings. The van der Waals surface area contributed by atoms with E-state index in [1.54, 1.807) is 4.90 Å². The van der Waals surface area contributed by atoms with Crippen LogP contribution in [0.5, 0.6) is 0 Å². The van der Waals surface area contributed by atoms with Crippen molar-refractivity contribution in [2.75, 3.05) is 13.1 Å². The van der Waals surface area contributed by atoms with Crippen molar-refractivity contribution < 1.29 is 24.0 Å². The van der Waals surface area contributed by atoms with Crippen LogP contribution in [0, 0.1) is 5.92 Å². The molecule has 1 N–H and O–H groups in total. The Kier molecular flexibility index (Phi) is 4.44. The minimum absolute atomic E-state index is 0.0384. The lowest BCUT2D eigenvalue weighted by Crippen LogP contribution is -2.44. The van der Waals surface area contributed by atoms with Gasteiger partial charge in [-0.1, -0.05) is 12.1 Å². The summed E-state index contributed by atoms with van der Waals surface area (Å²) in [6.45, 7) is 8.48. The van der Waals surface area contributed by atoms with Crippen LogP contribution in [0.2, 0.25) is 0 Å². The van der Waals surface area contributed by atoms with Crippen LogP contribution in [0.25, 0.3) is 0 Å². The Balaban J connectivity index is 2.06. The molecule has 1 aromatic heterocycles. The molecule has 0 bridgehead atoms. The van der Waals surface area contributed by atoms with Gasteiger partial charge in [-0.3, -0.25) is 0 Å². The molecule has 0 aromatic carbocycles. The maximum absolute atomic E-state index is 12.1. The lowest BCUT2D eigenvalue weighted by atomic mass is 9.83. The Hall–Kier alpha value is -2.05. The number of nitrogens with zero attached hydrogens (tertiary/aromatic N) is 2. The molecular weight excluding hydrogens is 288 g/mol.